The molecule has 122 valence electrons. The number of piperidine rings is 1. The van der Waals surface area contributed by atoms with Gasteiger partial charge in [0.15, 0.2) is 6.10 Å². The van der Waals surface area contributed by atoms with Crippen molar-refractivity contribution in [2.45, 2.75) is 39.3 Å². The summed E-state index contributed by atoms with van der Waals surface area (Å²) in [5.41, 5.74) is 6.06. The van der Waals surface area contributed by atoms with Gasteiger partial charge in [-0.05, 0) is 43.0 Å². The summed E-state index contributed by atoms with van der Waals surface area (Å²) in [6.45, 7) is 7.36. The van der Waals surface area contributed by atoms with Crippen molar-refractivity contribution < 1.29 is 14.3 Å². The van der Waals surface area contributed by atoms with Crippen LogP contribution in [-0.2, 0) is 4.79 Å². The van der Waals surface area contributed by atoms with E-state index in [-0.39, 0.29) is 17.4 Å². The first-order chi connectivity index (χ1) is 10.3. The van der Waals surface area contributed by atoms with Crippen LogP contribution < -0.4 is 15.2 Å². The SMILES string of the molecule is COc1ccc(OC(C)C(=O)N2CCC(N)C(C)(C)C2)cc1. The summed E-state index contributed by atoms with van der Waals surface area (Å²) in [7, 11) is 1.62. The Kier molecular flexibility index (Phi) is 4.96. The number of carbonyl (C=O) groups excluding carboxylic acids is 1. The highest BCUT2D eigenvalue weighted by Gasteiger charge is 2.36. The van der Waals surface area contributed by atoms with Gasteiger partial charge in [-0.25, -0.2) is 0 Å². The fourth-order valence-electron chi connectivity index (χ4n) is 2.73. The summed E-state index contributed by atoms with van der Waals surface area (Å²) in [6.07, 6.45) is 0.312. The van der Waals surface area contributed by atoms with E-state index in [2.05, 4.69) is 13.8 Å². The Morgan fingerprint density at radius 2 is 1.91 bits per heavy atom. The van der Waals surface area contributed by atoms with Gasteiger partial charge in [0.2, 0.25) is 0 Å². The number of hydrogen-bond donors (Lipinski definition) is 1. The molecule has 1 aliphatic rings. The number of nitrogens with zero attached hydrogens (tertiary/aromatic N) is 1. The molecular weight excluding hydrogens is 280 g/mol. The molecule has 0 radical (unpaired) electrons. The Morgan fingerprint density at radius 3 is 2.45 bits per heavy atom. The third-order valence-electron chi connectivity index (χ3n) is 4.34. The third kappa shape index (κ3) is 3.71. The highest BCUT2D eigenvalue weighted by molar-refractivity contribution is 5.81. The topological polar surface area (TPSA) is 64.8 Å². The zero-order valence-corrected chi connectivity index (χ0v) is 13.8. The van der Waals surface area contributed by atoms with Gasteiger partial charge in [-0.2, -0.15) is 0 Å². The number of ether oxygens (including phenoxy) is 2. The van der Waals surface area contributed by atoms with E-state index in [0.29, 0.717) is 18.8 Å². The normalized spacial score (nSPS) is 22.0. The molecule has 1 saturated heterocycles. The highest BCUT2D eigenvalue weighted by atomic mass is 16.5. The molecule has 1 fully saturated rings. The van der Waals surface area contributed by atoms with E-state index < -0.39 is 6.10 Å². The summed E-state index contributed by atoms with van der Waals surface area (Å²) in [5, 5.41) is 0. The fraction of sp³-hybridized carbons (Fsp3) is 0.588. The van der Waals surface area contributed by atoms with Crippen LogP contribution in [0.15, 0.2) is 24.3 Å². The van der Waals surface area contributed by atoms with Crippen LogP contribution in [0.25, 0.3) is 0 Å². The van der Waals surface area contributed by atoms with Crippen molar-refractivity contribution in [3.63, 3.8) is 0 Å². The standard InChI is InChI=1S/C17H26N2O3/c1-12(22-14-7-5-13(21-4)6-8-14)16(20)19-10-9-15(18)17(2,3)11-19/h5-8,12,15H,9-11,18H2,1-4H3. The molecule has 2 rings (SSSR count). The second-order valence-corrected chi connectivity index (χ2v) is 6.58. The molecule has 2 N–H and O–H groups in total. The van der Waals surface area contributed by atoms with Crippen molar-refractivity contribution in [1.82, 2.24) is 4.90 Å². The number of likely N-dealkylation sites (tertiary alicyclic amines) is 1. The smallest absolute Gasteiger partial charge is 0.263 e. The molecule has 2 unspecified atom stereocenters. The maximum atomic E-state index is 12.6. The van der Waals surface area contributed by atoms with E-state index in [9.17, 15) is 4.79 Å². The van der Waals surface area contributed by atoms with Crippen molar-refractivity contribution >= 4 is 5.91 Å². The molecule has 1 aromatic rings. The first kappa shape index (κ1) is 16.6. The van der Waals surface area contributed by atoms with E-state index in [4.69, 9.17) is 15.2 Å². The van der Waals surface area contributed by atoms with Crippen LogP contribution in [0, 0.1) is 5.41 Å². The molecule has 1 aromatic carbocycles. The number of rotatable bonds is 4. The predicted molar refractivity (Wildman–Crippen MR) is 86.0 cm³/mol. The van der Waals surface area contributed by atoms with Gasteiger partial charge in [0, 0.05) is 19.1 Å². The lowest BCUT2D eigenvalue weighted by molar-refractivity contribution is -0.141. The van der Waals surface area contributed by atoms with E-state index in [1.165, 1.54) is 0 Å². The summed E-state index contributed by atoms with van der Waals surface area (Å²) >= 11 is 0. The summed E-state index contributed by atoms with van der Waals surface area (Å²) in [4.78, 5) is 14.4. The molecule has 2 atom stereocenters. The lowest BCUT2D eigenvalue weighted by atomic mass is 9.79. The van der Waals surface area contributed by atoms with Gasteiger partial charge in [-0.3, -0.25) is 4.79 Å². The summed E-state index contributed by atoms with van der Waals surface area (Å²) in [5.74, 6) is 1.43. The first-order valence-corrected chi connectivity index (χ1v) is 7.68. The van der Waals surface area contributed by atoms with Crippen molar-refractivity contribution in [2.75, 3.05) is 20.2 Å². The van der Waals surface area contributed by atoms with Crippen LogP contribution in [0.4, 0.5) is 0 Å². The average molecular weight is 306 g/mol. The molecule has 0 bridgehead atoms. The molecule has 0 saturated carbocycles. The van der Waals surface area contributed by atoms with Crippen molar-refractivity contribution in [1.29, 1.82) is 0 Å². The number of amides is 1. The molecular formula is C17H26N2O3. The average Bonchev–Trinajstić information content (AvgIpc) is 2.50. The minimum absolute atomic E-state index is 0.00999. The molecule has 22 heavy (non-hydrogen) atoms. The Bertz CT molecular complexity index is 513. The molecule has 0 aromatic heterocycles. The number of methoxy groups -OCH3 is 1. The number of nitrogens with two attached hydrogens (primary N) is 1. The molecule has 0 aliphatic carbocycles. The number of hydrogen-bond acceptors (Lipinski definition) is 4. The van der Waals surface area contributed by atoms with Crippen LogP contribution in [0.3, 0.4) is 0 Å². The van der Waals surface area contributed by atoms with Gasteiger partial charge < -0.3 is 20.1 Å². The van der Waals surface area contributed by atoms with Crippen LogP contribution in [0.5, 0.6) is 11.5 Å². The van der Waals surface area contributed by atoms with Gasteiger partial charge >= 0.3 is 0 Å². The lowest BCUT2D eigenvalue weighted by Gasteiger charge is -2.43. The van der Waals surface area contributed by atoms with Crippen molar-refractivity contribution in [3.05, 3.63) is 24.3 Å². The van der Waals surface area contributed by atoms with Gasteiger partial charge in [0.25, 0.3) is 5.91 Å². The van der Waals surface area contributed by atoms with Crippen molar-refractivity contribution in [3.8, 4) is 11.5 Å². The first-order valence-electron chi connectivity index (χ1n) is 7.68. The quantitative estimate of drug-likeness (QED) is 0.924. The number of benzene rings is 1. The number of carbonyl (C=O) groups is 1. The van der Waals surface area contributed by atoms with E-state index >= 15 is 0 Å². The summed E-state index contributed by atoms with van der Waals surface area (Å²) < 4.78 is 10.9. The van der Waals surface area contributed by atoms with E-state index in [1.807, 2.05) is 17.0 Å². The van der Waals surface area contributed by atoms with Gasteiger partial charge in [0.1, 0.15) is 11.5 Å². The maximum Gasteiger partial charge on any atom is 0.263 e. The fourth-order valence-corrected chi connectivity index (χ4v) is 2.73. The molecule has 1 aliphatic heterocycles. The Hall–Kier alpha value is -1.75. The Balaban J connectivity index is 1.96. The van der Waals surface area contributed by atoms with Crippen LogP contribution in [0.1, 0.15) is 27.2 Å². The zero-order chi connectivity index (χ0) is 16.3. The minimum atomic E-state index is -0.515. The predicted octanol–water partition coefficient (Wildman–Crippen LogP) is 2.05. The largest absolute Gasteiger partial charge is 0.497 e. The van der Waals surface area contributed by atoms with Gasteiger partial charge in [-0.15, -0.1) is 0 Å². The summed E-state index contributed by atoms with van der Waals surface area (Å²) in [6, 6.07) is 7.37. The third-order valence-corrected chi connectivity index (χ3v) is 4.34. The Morgan fingerprint density at radius 1 is 1.32 bits per heavy atom. The molecule has 0 spiro atoms. The zero-order valence-electron chi connectivity index (χ0n) is 13.8. The van der Waals surface area contributed by atoms with Crippen molar-refractivity contribution in [2.24, 2.45) is 11.1 Å². The molecule has 1 heterocycles. The van der Waals surface area contributed by atoms with Gasteiger partial charge in [0.05, 0.1) is 7.11 Å². The highest BCUT2D eigenvalue weighted by Crippen LogP contribution is 2.28. The van der Waals surface area contributed by atoms with E-state index in [0.717, 1.165) is 12.2 Å². The van der Waals surface area contributed by atoms with Crippen LogP contribution in [-0.4, -0.2) is 43.2 Å². The molecule has 1 amide bonds. The van der Waals surface area contributed by atoms with E-state index in [1.54, 1.807) is 26.2 Å². The second kappa shape index (κ2) is 6.57. The van der Waals surface area contributed by atoms with Crippen LogP contribution in [0.2, 0.25) is 0 Å². The Labute approximate surface area is 132 Å². The lowest BCUT2D eigenvalue weighted by Crippen LogP contribution is -2.56. The minimum Gasteiger partial charge on any atom is -0.497 e. The van der Waals surface area contributed by atoms with Crippen LogP contribution >= 0.6 is 0 Å². The van der Waals surface area contributed by atoms with Gasteiger partial charge in [-0.1, -0.05) is 13.8 Å². The second-order valence-electron chi connectivity index (χ2n) is 6.58. The molecule has 5 nitrogen and oxygen atoms in total. The molecule has 5 heteroatoms. The monoisotopic (exact) mass is 306 g/mol. The maximum absolute atomic E-state index is 12.6.